The molecule has 0 heterocycles. The summed E-state index contributed by atoms with van der Waals surface area (Å²) in [5, 5.41) is 2.80. The van der Waals surface area contributed by atoms with Gasteiger partial charge in [0.05, 0.1) is 11.9 Å². The number of carbonyl (C=O) groups excluding carboxylic acids is 3. The van der Waals surface area contributed by atoms with Crippen LogP contribution in [0.3, 0.4) is 0 Å². The highest BCUT2D eigenvalue weighted by Crippen LogP contribution is 2.21. The Labute approximate surface area is 195 Å². The average Bonchev–Trinajstić information content (AvgIpc) is 2.74. The molecule has 0 spiro atoms. The summed E-state index contributed by atoms with van der Waals surface area (Å²) >= 11 is 0. The van der Waals surface area contributed by atoms with E-state index in [2.05, 4.69) is 5.32 Å². The normalized spacial score (nSPS) is 12.2. The molecular weight excluding hydrogens is 442 g/mol. The molecule has 0 saturated carbocycles. The molecule has 0 aliphatic carbocycles. The Bertz CT molecular complexity index is 1100. The van der Waals surface area contributed by atoms with Gasteiger partial charge in [0.25, 0.3) is 0 Å². The zero-order chi connectivity index (χ0) is 24.8. The van der Waals surface area contributed by atoms with Crippen molar-refractivity contribution < 1.29 is 22.8 Å². The number of amides is 2. The van der Waals surface area contributed by atoms with Gasteiger partial charge in [0.15, 0.2) is 5.78 Å². The monoisotopic (exact) mass is 473 g/mol. The van der Waals surface area contributed by atoms with Crippen LogP contribution in [0.15, 0.2) is 54.6 Å². The maximum absolute atomic E-state index is 13.4. The Hall–Kier alpha value is -3.20. The van der Waals surface area contributed by atoms with Crippen LogP contribution in [0.1, 0.15) is 43.6 Å². The van der Waals surface area contributed by atoms with E-state index in [-0.39, 0.29) is 30.0 Å². The third-order valence-corrected chi connectivity index (χ3v) is 6.15. The Balaban J connectivity index is 2.40. The summed E-state index contributed by atoms with van der Waals surface area (Å²) in [4.78, 5) is 39.2. The summed E-state index contributed by atoms with van der Waals surface area (Å²) in [6.45, 7) is 6.26. The summed E-state index contributed by atoms with van der Waals surface area (Å²) in [6.07, 6.45) is 0.997. The number of anilines is 1. The standard InChI is InChI=1S/C24H31N3O5S/c1-17(2)25-24(30)18(3)26(15-20-10-7-6-8-11-20)23(29)16-27(33(5,31)32)22-13-9-12-21(14-22)19(4)28/h6-14,17-18H,15-16H2,1-5H3,(H,25,30)/t18-/m0/s1. The largest absolute Gasteiger partial charge is 0.352 e. The van der Waals surface area contributed by atoms with Crippen molar-refractivity contribution in [3.05, 3.63) is 65.7 Å². The maximum atomic E-state index is 13.4. The summed E-state index contributed by atoms with van der Waals surface area (Å²) in [7, 11) is -3.85. The van der Waals surface area contributed by atoms with E-state index in [1.807, 2.05) is 44.2 Å². The molecule has 2 aromatic carbocycles. The molecule has 178 valence electrons. The van der Waals surface area contributed by atoms with Crippen LogP contribution in [0.5, 0.6) is 0 Å². The molecule has 2 amide bonds. The van der Waals surface area contributed by atoms with E-state index in [0.29, 0.717) is 5.56 Å². The van der Waals surface area contributed by atoms with E-state index in [9.17, 15) is 22.8 Å². The second kappa shape index (κ2) is 11.1. The van der Waals surface area contributed by atoms with E-state index in [1.165, 1.54) is 24.0 Å². The highest BCUT2D eigenvalue weighted by Gasteiger charge is 2.30. The predicted octanol–water partition coefficient (Wildman–Crippen LogP) is 2.60. The molecule has 0 aliphatic heterocycles. The van der Waals surface area contributed by atoms with Gasteiger partial charge in [-0.25, -0.2) is 8.42 Å². The van der Waals surface area contributed by atoms with Gasteiger partial charge in [-0.1, -0.05) is 42.5 Å². The van der Waals surface area contributed by atoms with Gasteiger partial charge in [0.1, 0.15) is 12.6 Å². The minimum atomic E-state index is -3.85. The first-order valence-electron chi connectivity index (χ1n) is 10.6. The lowest BCUT2D eigenvalue weighted by molar-refractivity contribution is -0.139. The highest BCUT2D eigenvalue weighted by atomic mass is 32.2. The molecule has 0 fully saturated rings. The van der Waals surface area contributed by atoms with Crippen molar-refractivity contribution in [1.82, 2.24) is 10.2 Å². The topological polar surface area (TPSA) is 104 Å². The molecule has 0 bridgehead atoms. The molecule has 0 unspecified atom stereocenters. The number of benzene rings is 2. The first-order valence-corrected chi connectivity index (χ1v) is 12.5. The van der Waals surface area contributed by atoms with Crippen molar-refractivity contribution >= 4 is 33.3 Å². The van der Waals surface area contributed by atoms with E-state index in [0.717, 1.165) is 16.1 Å². The zero-order valence-electron chi connectivity index (χ0n) is 19.6. The molecule has 0 radical (unpaired) electrons. The van der Waals surface area contributed by atoms with Crippen LogP contribution >= 0.6 is 0 Å². The summed E-state index contributed by atoms with van der Waals surface area (Å²) in [5.74, 6) is -1.09. The number of sulfonamides is 1. The molecule has 1 N–H and O–H groups in total. The zero-order valence-corrected chi connectivity index (χ0v) is 20.4. The Kier molecular flexibility index (Phi) is 8.76. The Morgan fingerprint density at radius 3 is 2.15 bits per heavy atom. The van der Waals surface area contributed by atoms with Gasteiger partial charge in [-0.2, -0.15) is 0 Å². The molecular formula is C24H31N3O5S. The van der Waals surface area contributed by atoms with Gasteiger partial charge in [0.2, 0.25) is 21.8 Å². The fourth-order valence-corrected chi connectivity index (χ4v) is 4.10. The molecule has 33 heavy (non-hydrogen) atoms. The lowest BCUT2D eigenvalue weighted by atomic mass is 10.1. The minimum Gasteiger partial charge on any atom is -0.352 e. The number of carbonyl (C=O) groups is 3. The van der Waals surface area contributed by atoms with Gasteiger partial charge in [-0.3, -0.25) is 18.7 Å². The van der Waals surface area contributed by atoms with Crippen LogP contribution in [0.4, 0.5) is 5.69 Å². The Morgan fingerprint density at radius 1 is 0.970 bits per heavy atom. The number of ketones is 1. The second-order valence-electron chi connectivity index (χ2n) is 8.22. The summed E-state index contributed by atoms with van der Waals surface area (Å²) < 4.78 is 26.1. The van der Waals surface area contributed by atoms with Gasteiger partial charge in [-0.05, 0) is 45.4 Å². The van der Waals surface area contributed by atoms with Crippen LogP contribution in [0.25, 0.3) is 0 Å². The van der Waals surface area contributed by atoms with E-state index in [1.54, 1.807) is 19.1 Å². The fourth-order valence-electron chi connectivity index (χ4n) is 3.26. The lowest BCUT2D eigenvalue weighted by Gasteiger charge is -2.32. The van der Waals surface area contributed by atoms with Gasteiger partial charge in [-0.15, -0.1) is 0 Å². The molecule has 2 aromatic rings. The third-order valence-electron chi connectivity index (χ3n) is 5.01. The predicted molar refractivity (Wildman–Crippen MR) is 128 cm³/mol. The smallest absolute Gasteiger partial charge is 0.244 e. The maximum Gasteiger partial charge on any atom is 0.244 e. The van der Waals surface area contributed by atoms with Gasteiger partial charge >= 0.3 is 0 Å². The van der Waals surface area contributed by atoms with Crippen molar-refractivity contribution in [2.45, 2.75) is 46.3 Å². The quantitative estimate of drug-likeness (QED) is 0.534. The molecule has 9 heteroatoms. The van der Waals surface area contributed by atoms with Crippen molar-refractivity contribution in [3.63, 3.8) is 0 Å². The van der Waals surface area contributed by atoms with E-state index < -0.39 is 28.5 Å². The van der Waals surface area contributed by atoms with Crippen LogP contribution in [0, 0.1) is 0 Å². The highest BCUT2D eigenvalue weighted by molar-refractivity contribution is 7.92. The van der Waals surface area contributed by atoms with E-state index >= 15 is 0 Å². The number of nitrogens with zero attached hydrogens (tertiary/aromatic N) is 2. The van der Waals surface area contributed by atoms with Crippen molar-refractivity contribution in [1.29, 1.82) is 0 Å². The number of hydrogen-bond donors (Lipinski definition) is 1. The van der Waals surface area contributed by atoms with Crippen molar-refractivity contribution in [2.24, 2.45) is 0 Å². The van der Waals surface area contributed by atoms with E-state index in [4.69, 9.17) is 0 Å². The Morgan fingerprint density at radius 2 is 1.61 bits per heavy atom. The molecule has 0 aliphatic rings. The average molecular weight is 474 g/mol. The molecule has 2 rings (SSSR count). The van der Waals surface area contributed by atoms with Gasteiger partial charge in [0, 0.05) is 18.2 Å². The third kappa shape index (κ3) is 7.42. The molecule has 0 saturated heterocycles. The number of hydrogen-bond acceptors (Lipinski definition) is 5. The first kappa shape index (κ1) is 26.1. The number of nitrogens with one attached hydrogen (secondary N) is 1. The molecule has 0 aromatic heterocycles. The first-order chi connectivity index (χ1) is 15.4. The van der Waals surface area contributed by atoms with Crippen LogP contribution in [-0.2, 0) is 26.2 Å². The summed E-state index contributed by atoms with van der Waals surface area (Å²) in [6, 6.07) is 14.3. The lowest BCUT2D eigenvalue weighted by Crippen LogP contribution is -2.52. The van der Waals surface area contributed by atoms with Crippen molar-refractivity contribution in [3.8, 4) is 0 Å². The van der Waals surface area contributed by atoms with Crippen molar-refractivity contribution in [2.75, 3.05) is 17.1 Å². The SMILES string of the molecule is CC(=O)c1cccc(N(CC(=O)N(Cc2ccccc2)[C@@H](C)C(=O)NC(C)C)S(C)(=O)=O)c1. The fraction of sp³-hybridized carbons (Fsp3) is 0.375. The number of Topliss-reactive ketones (excluding diaryl/α,β-unsaturated/α-hetero) is 1. The molecule has 1 atom stereocenters. The van der Waals surface area contributed by atoms with Crippen LogP contribution < -0.4 is 9.62 Å². The molecule has 8 nitrogen and oxygen atoms in total. The second-order valence-corrected chi connectivity index (χ2v) is 10.1. The van der Waals surface area contributed by atoms with Crippen LogP contribution in [-0.4, -0.2) is 55.8 Å². The van der Waals surface area contributed by atoms with Crippen LogP contribution in [0.2, 0.25) is 0 Å². The number of rotatable bonds is 10. The van der Waals surface area contributed by atoms with Gasteiger partial charge < -0.3 is 10.2 Å². The minimum absolute atomic E-state index is 0.115. The summed E-state index contributed by atoms with van der Waals surface area (Å²) in [5.41, 5.74) is 1.34.